The molecule has 0 unspecified atom stereocenters. The number of aromatic nitrogens is 1. The van der Waals surface area contributed by atoms with Crippen LogP contribution in [0.15, 0.2) is 47.3 Å². The first-order valence-corrected chi connectivity index (χ1v) is 17.2. The third kappa shape index (κ3) is 6.94. The number of aryl methyl sites for hydroxylation is 1. The maximum atomic E-state index is 13.6. The summed E-state index contributed by atoms with van der Waals surface area (Å²) in [5.74, 6) is 2.33. The molecular weight excluding hydrogens is 636 g/mol. The van der Waals surface area contributed by atoms with Crippen LogP contribution < -0.4 is 35.0 Å². The number of carbonyl (C=O) groups excluding carboxylic acids is 2. The highest BCUT2D eigenvalue weighted by Gasteiger charge is 2.29. The van der Waals surface area contributed by atoms with Gasteiger partial charge in [-0.25, -0.2) is 0 Å². The molecule has 11 nitrogen and oxygen atoms in total. The second kappa shape index (κ2) is 15.1. The third-order valence-electron chi connectivity index (χ3n) is 9.83. The first-order chi connectivity index (χ1) is 24.3. The Morgan fingerprint density at radius 1 is 0.920 bits per heavy atom. The summed E-state index contributed by atoms with van der Waals surface area (Å²) in [5, 5.41) is 7.48. The molecule has 0 bridgehead atoms. The number of anilines is 1. The fourth-order valence-corrected chi connectivity index (χ4v) is 7.35. The number of nitrogens with zero attached hydrogens (tertiary/aromatic N) is 1. The summed E-state index contributed by atoms with van der Waals surface area (Å²) in [4.78, 5) is 44.4. The lowest BCUT2D eigenvalue weighted by Gasteiger charge is -2.27. The molecule has 11 heteroatoms. The van der Waals surface area contributed by atoms with Crippen LogP contribution in [0.3, 0.4) is 0 Å². The van der Waals surface area contributed by atoms with Gasteiger partial charge in [0.05, 0.1) is 40.2 Å². The summed E-state index contributed by atoms with van der Waals surface area (Å²) >= 11 is 0. The molecule has 1 aliphatic carbocycles. The van der Waals surface area contributed by atoms with Gasteiger partial charge in [-0.05, 0) is 78.8 Å². The van der Waals surface area contributed by atoms with Crippen molar-refractivity contribution in [3.63, 3.8) is 0 Å². The van der Waals surface area contributed by atoms with Crippen molar-refractivity contribution in [3.8, 4) is 34.1 Å². The second-order valence-corrected chi connectivity index (χ2v) is 12.9. The Bertz CT molecular complexity index is 1970. The van der Waals surface area contributed by atoms with Crippen molar-refractivity contribution in [1.82, 2.24) is 15.2 Å². The molecule has 3 N–H and O–H groups in total. The van der Waals surface area contributed by atoms with E-state index < -0.39 is 0 Å². The van der Waals surface area contributed by atoms with Gasteiger partial charge in [0, 0.05) is 67.1 Å². The average molecular weight is 683 g/mol. The Hall–Kier alpha value is -5.19. The smallest absolute Gasteiger partial charge is 0.222 e. The van der Waals surface area contributed by atoms with E-state index in [4.69, 9.17) is 18.9 Å². The van der Waals surface area contributed by atoms with Gasteiger partial charge in [0.15, 0.2) is 11.5 Å². The summed E-state index contributed by atoms with van der Waals surface area (Å²) in [7, 11) is 6.39. The minimum atomic E-state index is -0.368. The van der Waals surface area contributed by atoms with Crippen LogP contribution in [0.2, 0.25) is 0 Å². The van der Waals surface area contributed by atoms with Crippen LogP contribution >= 0.6 is 0 Å². The van der Waals surface area contributed by atoms with Crippen LogP contribution in [0, 0.1) is 0 Å². The van der Waals surface area contributed by atoms with Crippen molar-refractivity contribution in [3.05, 3.63) is 75.1 Å². The molecule has 2 aliphatic rings. The van der Waals surface area contributed by atoms with Crippen molar-refractivity contribution in [1.29, 1.82) is 0 Å². The highest BCUT2D eigenvalue weighted by molar-refractivity contribution is 5.87. The van der Waals surface area contributed by atoms with Crippen molar-refractivity contribution >= 4 is 28.4 Å². The summed E-state index contributed by atoms with van der Waals surface area (Å²) in [6, 6.07) is 12.9. The first-order valence-electron chi connectivity index (χ1n) is 17.2. The van der Waals surface area contributed by atoms with Crippen LogP contribution in [-0.4, -0.2) is 63.2 Å². The molecule has 6 rings (SSSR count). The number of H-pyrrole nitrogens is 1. The largest absolute Gasteiger partial charge is 0.497 e. The normalized spacial score (nSPS) is 14.9. The van der Waals surface area contributed by atoms with E-state index in [-0.39, 0.29) is 23.3 Å². The Morgan fingerprint density at radius 3 is 2.48 bits per heavy atom. The topological polar surface area (TPSA) is 131 Å². The van der Waals surface area contributed by atoms with Crippen LogP contribution in [0.25, 0.3) is 22.0 Å². The third-order valence-corrected chi connectivity index (χ3v) is 9.83. The van der Waals surface area contributed by atoms with Gasteiger partial charge >= 0.3 is 0 Å². The molecule has 50 heavy (non-hydrogen) atoms. The number of aromatic amines is 1. The minimum absolute atomic E-state index is 0.165. The van der Waals surface area contributed by atoms with E-state index >= 15 is 0 Å². The molecule has 4 aromatic rings. The molecular formula is C39H46N4O7. The number of amides is 2. The fraction of sp³-hybridized carbons (Fsp3) is 0.410. The number of rotatable bonds is 12. The zero-order chi connectivity index (χ0) is 35.4. The number of methoxy groups -OCH3 is 4. The molecule has 2 heterocycles. The number of benzene rings is 2. The van der Waals surface area contributed by atoms with Crippen molar-refractivity contribution < 1.29 is 28.5 Å². The number of nitrogens with one attached hydrogen (secondary N) is 3. The highest BCUT2D eigenvalue weighted by atomic mass is 16.5. The Labute approximate surface area is 292 Å². The van der Waals surface area contributed by atoms with Crippen molar-refractivity contribution in [2.24, 2.45) is 0 Å². The number of unbranched alkanes of at least 4 members (excludes halogenated alkanes) is 2. The fourth-order valence-electron chi connectivity index (χ4n) is 7.35. The van der Waals surface area contributed by atoms with Gasteiger partial charge in [0.25, 0.3) is 0 Å². The van der Waals surface area contributed by atoms with E-state index in [1.165, 1.54) is 18.2 Å². The van der Waals surface area contributed by atoms with Crippen LogP contribution in [0.4, 0.5) is 5.69 Å². The summed E-state index contributed by atoms with van der Waals surface area (Å²) < 4.78 is 22.6. The number of hydrogen-bond acceptors (Lipinski definition) is 8. The summed E-state index contributed by atoms with van der Waals surface area (Å²) in [6.45, 7) is 3.37. The van der Waals surface area contributed by atoms with E-state index in [1.54, 1.807) is 40.6 Å². The monoisotopic (exact) mass is 682 g/mol. The molecule has 2 amide bonds. The Morgan fingerprint density at radius 2 is 1.74 bits per heavy atom. The molecule has 0 spiro atoms. The standard InChI is InChI=1S/C39H46N4O7/c1-23(44)41-30-13-10-24-19-35(48-3)38(49-4)39(50-5)37(24)26-12-15-33(34(45)21-28(26)30)40-17-8-6-7-9-36(46)43-18-16-32-29(22-43)27-20-25(47-2)11-14-31(27)42-32/h11-12,14-15,19-21,30,42H,6-10,13,16-18,22H2,1-5H3,(H,40,45)(H,41,44)/t30-/m1/s1. The quantitative estimate of drug-likeness (QED) is 0.157. The van der Waals surface area contributed by atoms with E-state index in [2.05, 4.69) is 15.6 Å². The Balaban J connectivity index is 1.11. The van der Waals surface area contributed by atoms with E-state index in [0.29, 0.717) is 61.8 Å². The lowest BCUT2D eigenvalue weighted by molar-refractivity contribution is -0.132. The highest BCUT2D eigenvalue weighted by Crippen LogP contribution is 2.50. The number of fused-ring (bicyclic) bond motifs is 6. The second-order valence-electron chi connectivity index (χ2n) is 12.9. The lowest BCUT2D eigenvalue weighted by atomic mass is 9.95. The van der Waals surface area contributed by atoms with Crippen LogP contribution in [0.5, 0.6) is 23.0 Å². The molecule has 1 aliphatic heterocycles. The summed E-state index contributed by atoms with van der Waals surface area (Å²) in [5.41, 5.74) is 7.03. The van der Waals surface area contributed by atoms with E-state index in [1.807, 2.05) is 35.2 Å². The van der Waals surface area contributed by atoms with Gasteiger partial charge in [-0.3, -0.25) is 14.4 Å². The van der Waals surface area contributed by atoms with Gasteiger partial charge in [-0.2, -0.15) is 0 Å². The maximum Gasteiger partial charge on any atom is 0.222 e. The zero-order valence-electron chi connectivity index (χ0n) is 29.5. The van der Waals surface area contributed by atoms with Crippen LogP contribution in [0.1, 0.15) is 67.5 Å². The van der Waals surface area contributed by atoms with E-state index in [0.717, 1.165) is 64.6 Å². The average Bonchev–Trinajstić information content (AvgIpc) is 3.32. The maximum absolute atomic E-state index is 13.6. The first kappa shape index (κ1) is 34.7. The number of hydrogen-bond donors (Lipinski definition) is 3. The van der Waals surface area contributed by atoms with Gasteiger partial charge < -0.3 is 39.5 Å². The van der Waals surface area contributed by atoms with Gasteiger partial charge in [0.1, 0.15) is 5.75 Å². The molecule has 0 saturated heterocycles. The lowest BCUT2D eigenvalue weighted by Crippen LogP contribution is -2.35. The Kier molecular flexibility index (Phi) is 10.5. The minimum Gasteiger partial charge on any atom is -0.497 e. The van der Waals surface area contributed by atoms with E-state index in [9.17, 15) is 14.4 Å². The predicted molar refractivity (Wildman–Crippen MR) is 194 cm³/mol. The van der Waals surface area contributed by atoms with Gasteiger partial charge in [-0.1, -0.05) is 12.5 Å². The predicted octanol–water partition coefficient (Wildman–Crippen LogP) is 5.91. The molecule has 0 saturated carbocycles. The molecule has 264 valence electrons. The van der Waals surface area contributed by atoms with Crippen molar-refractivity contribution in [2.75, 3.05) is 46.8 Å². The van der Waals surface area contributed by atoms with Gasteiger partial charge in [0.2, 0.25) is 23.0 Å². The molecule has 1 atom stereocenters. The van der Waals surface area contributed by atoms with Crippen LogP contribution in [-0.2, 0) is 29.0 Å². The van der Waals surface area contributed by atoms with Gasteiger partial charge in [-0.15, -0.1) is 0 Å². The number of ether oxygens (including phenoxy) is 4. The molecule has 0 fully saturated rings. The summed E-state index contributed by atoms with van der Waals surface area (Å²) in [6.07, 6.45) is 4.95. The zero-order valence-corrected chi connectivity index (χ0v) is 29.5. The molecule has 1 aromatic heterocycles. The molecule has 0 radical (unpaired) electrons. The number of carbonyl (C=O) groups is 2. The SMILES string of the molecule is COc1ccc2[nH]c3c(c2c1)CN(C(=O)CCCCCNc1ccc2c(cc1=O)[C@H](NC(C)=O)CCc1cc(OC)c(OC)c(OC)c1-2)CC3. The molecule has 3 aromatic carbocycles. The van der Waals surface area contributed by atoms with Crippen molar-refractivity contribution in [2.45, 2.75) is 64.5 Å².